The summed E-state index contributed by atoms with van der Waals surface area (Å²) in [4.78, 5) is 16.4. The summed E-state index contributed by atoms with van der Waals surface area (Å²) >= 11 is 0. The van der Waals surface area contributed by atoms with E-state index in [0.29, 0.717) is 13.1 Å². The summed E-state index contributed by atoms with van der Waals surface area (Å²) < 4.78 is 1.55. The highest BCUT2D eigenvalue weighted by Crippen LogP contribution is 2.14. The zero-order chi connectivity index (χ0) is 14.5. The van der Waals surface area contributed by atoms with Gasteiger partial charge in [-0.25, -0.2) is 0 Å². The van der Waals surface area contributed by atoms with Gasteiger partial charge in [0.05, 0.1) is 24.5 Å². The Bertz CT molecular complexity index is 594. The van der Waals surface area contributed by atoms with Crippen LogP contribution < -0.4 is 11.1 Å². The van der Waals surface area contributed by atoms with E-state index in [0.717, 1.165) is 11.3 Å². The highest BCUT2D eigenvalue weighted by Gasteiger charge is 2.16. The van der Waals surface area contributed by atoms with Crippen molar-refractivity contribution < 1.29 is 4.79 Å². The fourth-order valence-corrected chi connectivity index (χ4v) is 1.93. The Labute approximate surface area is 117 Å². The predicted molar refractivity (Wildman–Crippen MR) is 73.9 cm³/mol. The molecule has 7 heteroatoms. The maximum atomic E-state index is 12.1. The molecule has 0 aliphatic rings. The quantitative estimate of drug-likeness (QED) is 0.824. The van der Waals surface area contributed by atoms with Gasteiger partial charge in [-0.05, 0) is 25.5 Å². The molecule has 20 heavy (non-hydrogen) atoms. The molecule has 0 aliphatic carbocycles. The fourth-order valence-electron chi connectivity index (χ4n) is 1.93. The first-order valence-electron chi connectivity index (χ1n) is 6.44. The highest BCUT2D eigenvalue weighted by molar-refractivity contribution is 5.92. The minimum atomic E-state index is -0.272. The van der Waals surface area contributed by atoms with E-state index in [4.69, 9.17) is 5.73 Å². The molecular formula is C13H18N6O. The minimum Gasteiger partial charge on any atom is -0.342 e. The number of nitrogens with zero attached hydrogens (tertiary/aromatic N) is 4. The topological polar surface area (TPSA) is 98.7 Å². The van der Waals surface area contributed by atoms with Gasteiger partial charge < -0.3 is 11.1 Å². The van der Waals surface area contributed by atoms with Gasteiger partial charge in [0, 0.05) is 12.7 Å². The molecule has 0 saturated heterocycles. The molecule has 1 atom stereocenters. The molecule has 0 unspecified atom stereocenters. The summed E-state index contributed by atoms with van der Waals surface area (Å²) in [5.74, 6) is -0.272. The normalized spacial score (nSPS) is 12.2. The number of amides is 1. The number of pyridine rings is 1. The molecule has 0 spiro atoms. The van der Waals surface area contributed by atoms with Gasteiger partial charge in [0.15, 0.2) is 5.69 Å². The highest BCUT2D eigenvalue weighted by atomic mass is 16.2. The number of aromatic nitrogens is 4. The van der Waals surface area contributed by atoms with Gasteiger partial charge in [-0.2, -0.15) is 0 Å². The largest absolute Gasteiger partial charge is 0.342 e. The van der Waals surface area contributed by atoms with Gasteiger partial charge >= 0.3 is 0 Å². The lowest BCUT2D eigenvalue weighted by molar-refractivity contribution is 0.0934. The summed E-state index contributed by atoms with van der Waals surface area (Å²) in [6.07, 6.45) is 3.29. The van der Waals surface area contributed by atoms with E-state index in [2.05, 4.69) is 20.6 Å². The van der Waals surface area contributed by atoms with Crippen molar-refractivity contribution >= 4 is 5.91 Å². The summed E-state index contributed by atoms with van der Waals surface area (Å²) in [6.45, 7) is 4.84. The molecule has 0 radical (unpaired) electrons. The Kier molecular flexibility index (Phi) is 4.41. The van der Waals surface area contributed by atoms with E-state index in [1.54, 1.807) is 17.1 Å². The minimum absolute atomic E-state index is 0.191. The average molecular weight is 274 g/mol. The Morgan fingerprint density at radius 3 is 3.05 bits per heavy atom. The van der Waals surface area contributed by atoms with E-state index in [9.17, 15) is 4.79 Å². The molecule has 7 nitrogen and oxygen atoms in total. The van der Waals surface area contributed by atoms with Crippen LogP contribution in [-0.2, 0) is 6.54 Å². The average Bonchev–Trinajstić information content (AvgIpc) is 2.88. The van der Waals surface area contributed by atoms with Crippen molar-refractivity contribution in [3.8, 4) is 0 Å². The fraction of sp³-hybridized carbons (Fsp3) is 0.385. The number of carbonyl (C=O) groups is 1. The van der Waals surface area contributed by atoms with Crippen LogP contribution in [0.2, 0.25) is 0 Å². The van der Waals surface area contributed by atoms with E-state index < -0.39 is 0 Å². The van der Waals surface area contributed by atoms with E-state index in [-0.39, 0.29) is 17.6 Å². The zero-order valence-electron chi connectivity index (χ0n) is 11.6. The lowest BCUT2D eigenvalue weighted by Crippen LogP contribution is -2.28. The molecule has 0 aliphatic heterocycles. The number of rotatable bonds is 5. The third kappa shape index (κ3) is 3.18. The van der Waals surface area contributed by atoms with E-state index >= 15 is 0 Å². The monoisotopic (exact) mass is 274 g/mol. The van der Waals surface area contributed by atoms with Crippen LogP contribution in [0.3, 0.4) is 0 Å². The van der Waals surface area contributed by atoms with Crippen molar-refractivity contribution in [2.75, 3.05) is 6.54 Å². The summed E-state index contributed by atoms with van der Waals surface area (Å²) in [5.41, 5.74) is 7.58. The second-order valence-electron chi connectivity index (χ2n) is 4.56. The summed E-state index contributed by atoms with van der Waals surface area (Å²) in [5, 5.41) is 10.5. The van der Waals surface area contributed by atoms with Crippen LogP contribution >= 0.6 is 0 Å². The molecule has 2 heterocycles. The standard InChI is InChI=1S/C13H18N6O/c1-9-4-3-6-15-12(9)10(2)16-13(20)11-8-19(7-5-14)18-17-11/h3-4,6,8,10H,5,7,14H2,1-2H3,(H,16,20)/t10-/m0/s1. The maximum Gasteiger partial charge on any atom is 0.273 e. The Balaban J connectivity index is 2.05. The van der Waals surface area contributed by atoms with Crippen LogP contribution in [0, 0.1) is 6.92 Å². The van der Waals surface area contributed by atoms with Crippen molar-refractivity contribution in [1.29, 1.82) is 0 Å². The van der Waals surface area contributed by atoms with E-state index in [1.807, 2.05) is 26.0 Å². The van der Waals surface area contributed by atoms with Gasteiger partial charge in [-0.3, -0.25) is 14.5 Å². The smallest absolute Gasteiger partial charge is 0.273 e. The van der Waals surface area contributed by atoms with Gasteiger partial charge in [-0.15, -0.1) is 5.10 Å². The zero-order valence-corrected chi connectivity index (χ0v) is 11.6. The summed E-state index contributed by atoms with van der Waals surface area (Å²) in [6, 6.07) is 3.64. The van der Waals surface area contributed by atoms with Crippen LogP contribution in [-0.4, -0.2) is 32.4 Å². The molecular weight excluding hydrogens is 256 g/mol. The number of hydrogen-bond acceptors (Lipinski definition) is 5. The van der Waals surface area contributed by atoms with Crippen LogP contribution in [0.25, 0.3) is 0 Å². The Hall–Kier alpha value is -2.28. The molecule has 0 aromatic carbocycles. The molecule has 0 bridgehead atoms. The third-order valence-corrected chi connectivity index (χ3v) is 2.94. The second-order valence-corrected chi connectivity index (χ2v) is 4.56. The maximum absolute atomic E-state index is 12.1. The van der Waals surface area contributed by atoms with Crippen LogP contribution in [0.4, 0.5) is 0 Å². The third-order valence-electron chi connectivity index (χ3n) is 2.94. The first-order chi connectivity index (χ1) is 9.61. The van der Waals surface area contributed by atoms with E-state index in [1.165, 1.54) is 0 Å². The number of aryl methyl sites for hydroxylation is 1. The number of nitrogens with one attached hydrogen (secondary N) is 1. The van der Waals surface area contributed by atoms with Crippen LogP contribution in [0.15, 0.2) is 24.5 Å². The Morgan fingerprint density at radius 2 is 2.35 bits per heavy atom. The Morgan fingerprint density at radius 1 is 1.55 bits per heavy atom. The van der Waals surface area contributed by atoms with Gasteiger partial charge in [0.25, 0.3) is 5.91 Å². The van der Waals surface area contributed by atoms with Crippen molar-refractivity contribution in [3.05, 3.63) is 41.5 Å². The molecule has 106 valence electrons. The van der Waals surface area contributed by atoms with Crippen LogP contribution in [0.1, 0.15) is 34.7 Å². The first-order valence-corrected chi connectivity index (χ1v) is 6.44. The van der Waals surface area contributed by atoms with Crippen LogP contribution in [0.5, 0.6) is 0 Å². The molecule has 2 aromatic heterocycles. The lowest BCUT2D eigenvalue weighted by atomic mass is 10.1. The van der Waals surface area contributed by atoms with Crippen molar-refractivity contribution in [1.82, 2.24) is 25.3 Å². The number of carbonyl (C=O) groups excluding carboxylic acids is 1. The molecule has 2 aromatic rings. The lowest BCUT2D eigenvalue weighted by Gasteiger charge is -2.14. The van der Waals surface area contributed by atoms with Gasteiger partial charge in [0.1, 0.15) is 0 Å². The number of nitrogens with two attached hydrogens (primary N) is 1. The molecule has 2 rings (SSSR count). The molecule has 0 saturated carbocycles. The van der Waals surface area contributed by atoms with Gasteiger partial charge in [0.2, 0.25) is 0 Å². The van der Waals surface area contributed by atoms with Gasteiger partial charge in [-0.1, -0.05) is 11.3 Å². The second kappa shape index (κ2) is 6.25. The molecule has 3 N–H and O–H groups in total. The number of hydrogen-bond donors (Lipinski definition) is 2. The SMILES string of the molecule is Cc1cccnc1[C@H](C)NC(=O)c1cn(CCN)nn1. The summed E-state index contributed by atoms with van der Waals surface area (Å²) in [7, 11) is 0. The molecule has 1 amide bonds. The van der Waals surface area contributed by atoms with Crippen molar-refractivity contribution in [3.63, 3.8) is 0 Å². The van der Waals surface area contributed by atoms with Crippen molar-refractivity contribution in [2.24, 2.45) is 5.73 Å². The van der Waals surface area contributed by atoms with Crippen molar-refractivity contribution in [2.45, 2.75) is 26.4 Å². The first kappa shape index (κ1) is 14.1. The molecule has 0 fully saturated rings. The predicted octanol–water partition coefficient (Wildman–Crippen LogP) is 0.431.